The first-order valence-corrected chi connectivity index (χ1v) is 11.2. The first kappa shape index (κ1) is 23.5. The Kier molecular flexibility index (Phi) is 6.95. The fraction of sp³-hybridized carbons (Fsp3) is 0.0833. The van der Waals surface area contributed by atoms with Gasteiger partial charge in [-0.1, -0.05) is 35.9 Å². The number of nitrogens with zero attached hydrogens (tertiary/aromatic N) is 2. The van der Waals surface area contributed by atoms with Crippen LogP contribution in [-0.4, -0.2) is 21.0 Å². The fourth-order valence-corrected chi connectivity index (χ4v) is 4.28. The van der Waals surface area contributed by atoms with Gasteiger partial charge in [0.25, 0.3) is 16.8 Å². The summed E-state index contributed by atoms with van der Waals surface area (Å²) >= 11 is 6.79. The maximum absolute atomic E-state index is 14.1. The second kappa shape index (κ2) is 10.1. The van der Waals surface area contributed by atoms with Crippen LogP contribution in [-0.2, 0) is 17.9 Å². The van der Waals surface area contributed by atoms with E-state index in [4.69, 9.17) is 16.3 Å². The zero-order valence-corrected chi connectivity index (χ0v) is 19.0. The molecule has 0 unspecified atom stereocenters. The molecule has 10 heteroatoms. The topological polar surface area (TPSA) is 89.7 Å². The monoisotopic (exact) mass is 498 g/mol. The fourth-order valence-electron chi connectivity index (χ4n) is 3.23. The van der Waals surface area contributed by atoms with Crippen LogP contribution in [0.25, 0.3) is 6.08 Å². The van der Waals surface area contributed by atoms with E-state index in [-0.39, 0.29) is 34.3 Å². The molecule has 1 aliphatic heterocycles. The molecule has 2 amide bonds. The summed E-state index contributed by atoms with van der Waals surface area (Å²) in [5.74, 6) is -0.690. The number of carbonyl (C=O) groups is 2. The number of amides is 2. The quantitative estimate of drug-likeness (QED) is 0.219. The second-order valence-electron chi connectivity index (χ2n) is 7.22. The molecule has 172 valence electrons. The number of nitro benzene ring substituents is 1. The molecule has 0 N–H and O–H groups in total. The number of carbonyl (C=O) groups excluding carboxylic acids is 2. The Morgan fingerprint density at radius 3 is 2.50 bits per heavy atom. The standard InChI is InChI=1S/C24H16ClFN2O5S/c25-19-5-3-6-20(26)18(19)13-27-23(29)22(34-24(27)30)12-16-4-1-2-7-21(16)33-14-15-8-10-17(11-9-15)28(31)32/h1-12H,13-14H2/b22-12-. The number of halogens is 2. The molecule has 0 radical (unpaired) electrons. The van der Waals surface area contributed by atoms with Crippen molar-refractivity contribution in [2.45, 2.75) is 13.2 Å². The van der Waals surface area contributed by atoms with E-state index >= 15 is 0 Å². The molecule has 3 aromatic carbocycles. The van der Waals surface area contributed by atoms with E-state index in [9.17, 15) is 24.1 Å². The largest absolute Gasteiger partial charge is 0.488 e. The molecule has 7 nitrogen and oxygen atoms in total. The van der Waals surface area contributed by atoms with Gasteiger partial charge >= 0.3 is 0 Å². The molecule has 0 aliphatic carbocycles. The molecule has 4 rings (SSSR count). The van der Waals surface area contributed by atoms with Crippen LogP contribution in [0.2, 0.25) is 5.02 Å². The zero-order chi connectivity index (χ0) is 24.2. The highest BCUT2D eigenvalue weighted by atomic mass is 35.5. The minimum atomic E-state index is -0.597. The Balaban J connectivity index is 1.51. The third-order valence-corrected chi connectivity index (χ3v) is 6.26. The van der Waals surface area contributed by atoms with Gasteiger partial charge in [0.05, 0.1) is 16.4 Å². The van der Waals surface area contributed by atoms with Crippen LogP contribution in [0, 0.1) is 15.9 Å². The first-order chi connectivity index (χ1) is 16.3. The highest BCUT2D eigenvalue weighted by Crippen LogP contribution is 2.36. The molecule has 3 aromatic rings. The molecule has 0 atom stereocenters. The second-order valence-corrected chi connectivity index (χ2v) is 8.62. The van der Waals surface area contributed by atoms with Crippen molar-refractivity contribution in [2.75, 3.05) is 0 Å². The van der Waals surface area contributed by atoms with Crippen LogP contribution in [0.4, 0.5) is 14.9 Å². The van der Waals surface area contributed by atoms with E-state index in [1.807, 2.05) is 0 Å². The third-order valence-electron chi connectivity index (χ3n) is 5.00. The smallest absolute Gasteiger partial charge is 0.293 e. The number of thioether (sulfide) groups is 1. The van der Waals surface area contributed by atoms with Gasteiger partial charge in [-0.15, -0.1) is 0 Å². The van der Waals surface area contributed by atoms with Gasteiger partial charge in [0, 0.05) is 28.3 Å². The predicted octanol–water partition coefficient (Wildman–Crippen LogP) is 6.20. The van der Waals surface area contributed by atoms with Gasteiger partial charge in [-0.25, -0.2) is 4.39 Å². The van der Waals surface area contributed by atoms with Crippen molar-refractivity contribution in [3.63, 3.8) is 0 Å². The molecule has 1 aliphatic rings. The molecule has 0 aromatic heterocycles. The van der Waals surface area contributed by atoms with E-state index in [0.717, 1.165) is 22.2 Å². The SMILES string of the molecule is O=C1S/C(=C\c2ccccc2OCc2ccc([N+](=O)[O-])cc2)C(=O)N1Cc1c(F)cccc1Cl. The van der Waals surface area contributed by atoms with Crippen LogP contribution in [0.1, 0.15) is 16.7 Å². The predicted molar refractivity (Wildman–Crippen MR) is 127 cm³/mol. The minimum absolute atomic E-state index is 0.0171. The molecule has 0 bridgehead atoms. The summed E-state index contributed by atoms with van der Waals surface area (Å²) in [7, 11) is 0. The molecule has 1 fully saturated rings. The van der Waals surface area contributed by atoms with Crippen LogP contribution < -0.4 is 4.74 Å². The van der Waals surface area contributed by atoms with Crippen molar-refractivity contribution < 1.29 is 23.6 Å². The molecule has 0 saturated carbocycles. The highest BCUT2D eigenvalue weighted by Gasteiger charge is 2.36. The summed E-state index contributed by atoms with van der Waals surface area (Å²) in [6.45, 7) is -0.123. The lowest BCUT2D eigenvalue weighted by atomic mass is 10.1. The summed E-state index contributed by atoms with van der Waals surface area (Å²) < 4.78 is 20.0. The highest BCUT2D eigenvalue weighted by molar-refractivity contribution is 8.18. The number of para-hydroxylation sites is 1. The lowest BCUT2D eigenvalue weighted by molar-refractivity contribution is -0.384. The van der Waals surface area contributed by atoms with Gasteiger partial charge in [0.15, 0.2) is 0 Å². The van der Waals surface area contributed by atoms with Gasteiger partial charge < -0.3 is 4.74 Å². The van der Waals surface area contributed by atoms with Crippen LogP contribution in [0.3, 0.4) is 0 Å². The van der Waals surface area contributed by atoms with Crippen molar-refractivity contribution in [1.82, 2.24) is 4.90 Å². The van der Waals surface area contributed by atoms with Crippen molar-refractivity contribution in [3.05, 3.63) is 109 Å². The Morgan fingerprint density at radius 1 is 1.06 bits per heavy atom. The van der Waals surface area contributed by atoms with Crippen LogP contribution in [0.5, 0.6) is 5.75 Å². The van der Waals surface area contributed by atoms with E-state index in [2.05, 4.69) is 0 Å². The van der Waals surface area contributed by atoms with E-state index < -0.39 is 21.9 Å². The number of hydrogen-bond donors (Lipinski definition) is 0. The molecular weight excluding hydrogens is 483 g/mol. The Bertz CT molecular complexity index is 1290. The van der Waals surface area contributed by atoms with Crippen LogP contribution >= 0.6 is 23.4 Å². The number of rotatable bonds is 7. The number of nitro groups is 1. The van der Waals surface area contributed by atoms with Crippen molar-refractivity contribution in [1.29, 1.82) is 0 Å². The minimum Gasteiger partial charge on any atom is -0.488 e. The maximum Gasteiger partial charge on any atom is 0.293 e. The van der Waals surface area contributed by atoms with Gasteiger partial charge in [-0.2, -0.15) is 0 Å². The van der Waals surface area contributed by atoms with Gasteiger partial charge in [0.1, 0.15) is 18.2 Å². The zero-order valence-electron chi connectivity index (χ0n) is 17.4. The summed E-state index contributed by atoms with van der Waals surface area (Å²) in [5, 5.41) is 10.4. The molecule has 34 heavy (non-hydrogen) atoms. The Hall–Kier alpha value is -3.69. The summed E-state index contributed by atoms with van der Waals surface area (Å²) in [6, 6.07) is 17.1. The average molecular weight is 499 g/mol. The van der Waals surface area contributed by atoms with E-state index in [1.54, 1.807) is 42.5 Å². The Morgan fingerprint density at radius 2 is 1.79 bits per heavy atom. The normalized spacial score (nSPS) is 14.6. The lowest BCUT2D eigenvalue weighted by Crippen LogP contribution is -2.28. The van der Waals surface area contributed by atoms with Gasteiger partial charge in [-0.3, -0.25) is 24.6 Å². The van der Waals surface area contributed by atoms with Gasteiger partial charge in [0.2, 0.25) is 0 Å². The van der Waals surface area contributed by atoms with Crippen molar-refractivity contribution >= 4 is 46.3 Å². The van der Waals surface area contributed by atoms with E-state index in [0.29, 0.717) is 11.3 Å². The maximum atomic E-state index is 14.1. The number of non-ortho nitro benzene ring substituents is 1. The van der Waals surface area contributed by atoms with Gasteiger partial charge in [-0.05, 0) is 53.7 Å². The van der Waals surface area contributed by atoms with Crippen molar-refractivity contribution in [2.24, 2.45) is 0 Å². The van der Waals surface area contributed by atoms with Crippen LogP contribution in [0.15, 0.2) is 71.6 Å². The molecular formula is C24H16ClFN2O5S. The number of imide groups is 1. The van der Waals surface area contributed by atoms with E-state index in [1.165, 1.54) is 30.3 Å². The average Bonchev–Trinajstić information content (AvgIpc) is 3.08. The number of ether oxygens (including phenoxy) is 1. The lowest BCUT2D eigenvalue weighted by Gasteiger charge is -2.14. The Labute approximate surface area is 202 Å². The summed E-state index contributed by atoms with van der Waals surface area (Å²) in [4.78, 5) is 36.8. The number of hydrogen-bond acceptors (Lipinski definition) is 6. The number of benzene rings is 3. The summed E-state index contributed by atoms with van der Waals surface area (Å²) in [6.07, 6.45) is 1.54. The molecule has 1 heterocycles. The summed E-state index contributed by atoms with van der Waals surface area (Å²) in [5.41, 5.74) is 1.34. The van der Waals surface area contributed by atoms with Crippen molar-refractivity contribution in [3.8, 4) is 5.75 Å². The third kappa shape index (κ3) is 5.11. The first-order valence-electron chi connectivity index (χ1n) is 9.97. The molecule has 0 spiro atoms. The molecule has 1 saturated heterocycles.